The van der Waals surface area contributed by atoms with E-state index >= 15 is 0 Å². The molecule has 0 amide bonds. The van der Waals surface area contributed by atoms with Crippen LogP contribution in [0.2, 0.25) is 0 Å². The maximum absolute atomic E-state index is 10.8. The van der Waals surface area contributed by atoms with Crippen LogP contribution in [-0.4, -0.2) is 42.6 Å². The molecule has 1 atom stereocenters. The Hall–Kier alpha value is 0.260. The first-order chi connectivity index (χ1) is 5.91. The topological polar surface area (TPSA) is 54.4 Å². The van der Waals surface area contributed by atoms with Crippen molar-refractivity contribution in [3.05, 3.63) is 0 Å². The van der Waals surface area contributed by atoms with E-state index in [0.29, 0.717) is 12.8 Å². The number of hydrogen-bond acceptors (Lipinski definition) is 4. The molecular formula is C8H16O3S2. The Morgan fingerprint density at radius 3 is 2.69 bits per heavy atom. The molecule has 1 N–H and O–H groups in total. The number of rotatable bonds is 4. The van der Waals surface area contributed by atoms with E-state index in [4.69, 9.17) is 0 Å². The third-order valence-electron chi connectivity index (χ3n) is 2.24. The van der Waals surface area contributed by atoms with Gasteiger partial charge in [0.05, 0.1) is 5.60 Å². The summed E-state index contributed by atoms with van der Waals surface area (Å²) in [6, 6.07) is 0. The van der Waals surface area contributed by atoms with Crippen LogP contribution in [0, 0.1) is 0 Å². The Kier molecular flexibility index (Phi) is 3.65. The molecule has 3 nitrogen and oxygen atoms in total. The predicted molar refractivity (Wildman–Crippen MR) is 55.8 cm³/mol. The van der Waals surface area contributed by atoms with E-state index in [-0.39, 0.29) is 5.75 Å². The average Bonchev–Trinajstić information content (AvgIpc) is 2.33. The molecule has 0 aromatic rings. The van der Waals surface area contributed by atoms with Gasteiger partial charge in [-0.3, -0.25) is 0 Å². The van der Waals surface area contributed by atoms with Crippen molar-refractivity contribution >= 4 is 21.6 Å². The molecule has 5 heteroatoms. The Bertz CT molecular complexity index is 253. The van der Waals surface area contributed by atoms with E-state index in [1.165, 1.54) is 6.26 Å². The number of sulfone groups is 1. The third-order valence-corrected chi connectivity index (χ3v) is 4.50. The van der Waals surface area contributed by atoms with Gasteiger partial charge in [0.1, 0.15) is 9.84 Å². The maximum atomic E-state index is 10.8. The van der Waals surface area contributed by atoms with Crippen molar-refractivity contribution < 1.29 is 13.5 Å². The minimum Gasteiger partial charge on any atom is -0.389 e. The van der Waals surface area contributed by atoms with Crippen LogP contribution < -0.4 is 0 Å². The first-order valence-electron chi connectivity index (χ1n) is 4.39. The molecule has 0 bridgehead atoms. The van der Waals surface area contributed by atoms with Crippen molar-refractivity contribution in [2.24, 2.45) is 0 Å². The van der Waals surface area contributed by atoms with Crippen LogP contribution in [0.15, 0.2) is 0 Å². The quantitative estimate of drug-likeness (QED) is 0.763. The highest BCUT2D eigenvalue weighted by atomic mass is 32.2. The second-order valence-corrected chi connectivity index (χ2v) is 7.13. The summed E-state index contributed by atoms with van der Waals surface area (Å²) in [5.74, 6) is 1.95. The molecule has 1 unspecified atom stereocenters. The van der Waals surface area contributed by atoms with Crippen LogP contribution in [0.1, 0.15) is 19.3 Å². The molecule has 1 fully saturated rings. The maximum Gasteiger partial charge on any atom is 0.147 e. The summed E-state index contributed by atoms with van der Waals surface area (Å²) in [6.45, 7) is 0. The van der Waals surface area contributed by atoms with Crippen LogP contribution in [0.3, 0.4) is 0 Å². The van der Waals surface area contributed by atoms with Gasteiger partial charge in [0.25, 0.3) is 0 Å². The smallest absolute Gasteiger partial charge is 0.147 e. The lowest BCUT2D eigenvalue weighted by atomic mass is 9.98. The van der Waals surface area contributed by atoms with Gasteiger partial charge >= 0.3 is 0 Å². The monoisotopic (exact) mass is 224 g/mol. The summed E-state index contributed by atoms with van der Waals surface area (Å²) in [7, 11) is -2.86. The fourth-order valence-electron chi connectivity index (χ4n) is 1.46. The van der Waals surface area contributed by atoms with Gasteiger partial charge in [-0.05, 0) is 25.0 Å². The minimum atomic E-state index is -2.86. The van der Waals surface area contributed by atoms with Crippen molar-refractivity contribution in [2.45, 2.75) is 24.9 Å². The van der Waals surface area contributed by atoms with Gasteiger partial charge in [-0.15, -0.1) is 0 Å². The molecule has 1 aliphatic rings. The van der Waals surface area contributed by atoms with Gasteiger partial charge in [0, 0.05) is 17.8 Å². The standard InChI is InChI=1S/C8H16O3S2/c1-13(10,11)6-2-3-8(9)4-5-12-7-8/h9H,2-7H2,1H3. The average molecular weight is 224 g/mol. The molecule has 1 heterocycles. The first kappa shape index (κ1) is 11.3. The van der Waals surface area contributed by atoms with Gasteiger partial charge in [0.15, 0.2) is 0 Å². The predicted octanol–water partition coefficient (Wildman–Crippen LogP) is 0.679. The molecule has 0 radical (unpaired) electrons. The molecule has 1 rings (SSSR count). The highest BCUT2D eigenvalue weighted by Gasteiger charge is 2.31. The number of thioether (sulfide) groups is 1. The van der Waals surface area contributed by atoms with Crippen LogP contribution in [0.25, 0.3) is 0 Å². The largest absolute Gasteiger partial charge is 0.389 e. The van der Waals surface area contributed by atoms with E-state index in [2.05, 4.69) is 0 Å². The molecule has 0 aliphatic carbocycles. The minimum absolute atomic E-state index is 0.194. The van der Waals surface area contributed by atoms with Crippen molar-refractivity contribution in [1.82, 2.24) is 0 Å². The molecule has 1 saturated heterocycles. The van der Waals surface area contributed by atoms with Gasteiger partial charge in [-0.2, -0.15) is 11.8 Å². The number of hydrogen-bond donors (Lipinski definition) is 1. The summed E-state index contributed by atoms with van der Waals surface area (Å²) >= 11 is 1.74. The molecule has 78 valence electrons. The van der Waals surface area contributed by atoms with E-state index in [9.17, 15) is 13.5 Å². The van der Waals surface area contributed by atoms with Crippen molar-refractivity contribution in [2.75, 3.05) is 23.5 Å². The normalized spacial score (nSPS) is 29.4. The summed E-state index contributed by atoms with van der Waals surface area (Å²) in [6.07, 6.45) is 3.24. The zero-order chi connectivity index (χ0) is 9.95. The first-order valence-corrected chi connectivity index (χ1v) is 7.61. The molecule has 13 heavy (non-hydrogen) atoms. The van der Waals surface area contributed by atoms with Gasteiger partial charge in [-0.25, -0.2) is 8.42 Å². The molecule has 0 saturated carbocycles. The second kappa shape index (κ2) is 4.19. The lowest BCUT2D eigenvalue weighted by Crippen LogP contribution is -2.28. The fraction of sp³-hybridized carbons (Fsp3) is 1.00. The van der Waals surface area contributed by atoms with Crippen LogP contribution in [-0.2, 0) is 9.84 Å². The van der Waals surface area contributed by atoms with Gasteiger partial charge < -0.3 is 5.11 Å². The zero-order valence-corrected chi connectivity index (χ0v) is 9.46. The Morgan fingerprint density at radius 2 is 2.23 bits per heavy atom. The van der Waals surface area contributed by atoms with E-state index in [1.807, 2.05) is 0 Å². The molecule has 0 spiro atoms. The van der Waals surface area contributed by atoms with Crippen molar-refractivity contribution in [1.29, 1.82) is 0 Å². The lowest BCUT2D eigenvalue weighted by Gasteiger charge is -2.20. The molecule has 0 aromatic heterocycles. The fourth-order valence-corrected chi connectivity index (χ4v) is 3.46. The zero-order valence-electron chi connectivity index (χ0n) is 7.82. The second-order valence-electron chi connectivity index (χ2n) is 3.76. The summed E-state index contributed by atoms with van der Waals surface area (Å²) < 4.78 is 21.6. The van der Waals surface area contributed by atoms with E-state index in [1.54, 1.807) is 11.8 Å². The Balaban J connectivity index is 2.26. The molecule has 1 aliphatic heterocycles. The van der Waals surface area contributed by atoms with Gasteiger partial charge in [0.2, 0.25) is 0 Å². The van der Waals surface area contributed by atoms with E-state index < -0.39 is 15.4 Å². The summed E-state index contributed by atoms with van der Waals surface area (Å²) in [5, 5.41) is 9.87. The Morgan fingerprint density at radius 1 is 1.54 bits per heavy atom. The van der Waals surface area contributed by atoms with Gasteiger partial charge in [-0.1, -0.05) is 0 Å². The number of aliphatic hydroxyl groups is 1. The van der Waals surface area contributed by atoms with Crippen LogP contribution in [0.5, 0.6) is 0 Å². The summed E-state index contributed by atoms with van der Waals surface area (Å²) in [5.41, 5.74) is -0.588. The van der Waals surface area contributed by atoms with Crippen molar-refractivity contribution in [3.8, 4) is 0 Å². The van der Waals surface area contributed by atoms with E-state index in [0.717, 1.165) is 17.9 Å². The van der Waals surface area contributed by atoms with Crippen molar-refractivity contribution in [3.63, 3.8) is 0 Å². The summed E-state index contributed by atoms with van der Waals surface area (Å²) in [4.78, 5) is 0. The molecular weight excluding hydrogens is 208 g/mol. The van der Waals surface area contributed by atoms with Crippen LogP contribution in [0.4, 0.5) is 0 Å². The van der Waals surface area contributed by atoms with Crippen LogP contribution >= 0.6 is 11.8 Å². The highest BCUT2D eigenvalue weighted by molar-refractivity contribution is 7.99. The highest BCUT2D eigenvalue weighted by Crippen LogP contribution is 2.31. The third kappa shape index (κ3) is 4.33. The lowest BCUT2D eigenvalue weighted by molar-refractivity contribution is 0.0585. The Labute approximate surface area is 83.8 Å². The SMILES string of the molecule is CS(=O)(=O)CCCC1(O)CCSC1. The molecule has 0 aromatic carbocycles.